The number of hydrogen-bond donors (Lipinski definition) is 2. The topological polar surface area (TPSA) is 32.3 Å². The molecule has 2 nitrogen and oxygen atoms in total. The van der Waals surface area contributed by atoms with Gasteiger partial charge in [0.05, 0.1) is 10.7 Å². The Morgan fingerprint density at radius 1 is 1.31 bits per heavy atom. The molecular weight excluding hydrogens is 266 g/mol. The Morgan fingerprint density at radius 2 is 1.94 bits per heavy atom. The molecule has 0 amide bonds. The average Bonchev–Trinajstić information content (AvgIpc) is 2.14. The number of nitrogens with one attached hydrogen (secondary N) is 1. The van der Waals surface area contributed by atoms with Crippen LogP contribution in [0.3, 0.4) is 0 Å². The van der Waals surface area contributed by atoms with Crippen molar-refractivity contribution in [1.29, 1.82) is 0 Å². The number of hydrogen-bond acceptors (Lipinski definition) is 2. The molecule has 0 fully saturated rings. The first-order valence-electron chi connectivity index (χ1n) is 4.24. The molecule has 90 valence electrons. The summed E-state index contributed by atoms with van der Waals surface area (Å²) in [5.41, 5.74) is 0.286. The van der Waals surface area contributed by atoms with E-state index in [1.165, 1.54) is 18.2 Å². The van der Waals surface area contributed by atoms with Gasteiger partial charge in [0.2, 0.25) is 0 Å². The first-order valence-corrected chi connectivity index (χ1v) is 5.00. The zero-order chi connectivity index (χ0) is 12.3. The van der Waals surface area contributed by atoms with Crippen molar-refractivity contribution in [3.8, 4) is 0 Å². The second kappa shape index (κ2) is 5.12. The molecule has 2 N–H and O–H groups in total. The summed E-state index contributed by atoms with van der Waals surface area (Å²) in [5.74, 6) is 0. The van der Waals surface area contributed by atoms with Crippen LogP contribution in [0.5, 0.6) is 0 Å². The summed E-state index contributed by atoms with van der Waals surface area (Å²) in [6.45, 7) is -0.662. The van der Waals surface area contributed by atoms with Gasteiger partial charge in [-0.2, -0.15) is 13.2 Å². The van der Waals surface area contributed by atoms with Crippen molar-refractivity contribution >= 4 is 28.9 Å². The summed E-state index contributed by atoms with van der Waals surface area (Å²) >= 11 is 11.3. The van der Waals surface area contributed by atoms with Crippen molar-refractivity contribution in [2.75, 3.05) is 11.9 Å². The van der Waals surface area contributed by atoms with Crippen molar-refractivity contribution in [2.45, 2.75) is 12.3 Å². The lowest BCUT2D eigenvalue weighted by Gasteiger charge is -2.16. The average molecular weight is 274 g/mol. The molecule has 7 heteroatoms. The maximum atomic E-state index is 12.0. The van der Waals surface area contributed by atoms with E-state index in [0.29, 0.717) is 5.02 Å². The normalized spacial score (nSPS) is 13.6. The highest BCUT2D eigenvalue weighted by atomic mass is 35.5. The Labute approximate surface area is 100.0 Å². The molecule has 0 spiro atoms. The van der Waals surface area contributed by atoms with E-state index in [2.05, 4.69) is 5.32 Å². The molecule has 0 aliphatic heterocycles. The summed E-state index contributed by atoms with van der Waals surface area (Å²) < 4.78 is 35.9. The van der Waals surface area contributed by atoms with Crippen molar-refractivity contribution in [3.63, 3.8) is 0 Å². The number of alkyl halides is 3. The van der Waals surface area contributed by atoms with Crippen LogP contribution in [-0.4, -0.2) is 23.9 Å². The number of halogens is 5. The van der Waals surface area contributed by atoms with Crippen LogP contribution in [0.15, 0.2) is 18.2 Å². The zero-order valence-electron chi connectivity index (χ0n) is 7.85. The maximum Gasteiger partial charge on any atom is 0.416 e. The lowest BCUT2D eigenvalue weighted by molar-refractivity contribution is -0.198. The molecule has 16 heavy (non-hydrogen) atoms. The van der Waals surface area contributed by atoms with Gasteiger partial charge in [-0.3, -0.25) is 0 Å². The third-order valence-corrected chi connectivity index (χ3v) is 2.34. The van der Waals surface area contributed by atoms with E-state index in [1.807, 2.05) is 0 Å². The maximum absolute atomic E-state index is 12.0. The molecule has 0 aliphatic rings. The highest BCUT2D eigenvalue weighted by molar-refractivity contribution is 6.36. The van der Waals surface area contributed by atoms with E-state index in [1.54, 1.807) is 0 Å². The van der Waals surface area contributed by atoms with Gasteiger partial charge < -0.3 is 10.4 Å². The predicted molar refractivity (Wildman–Crippen MR) is 57.0 cm³/mol. The Morgan fingerprint density at radius 3 is 2.44 bits per heavy atom. The second-order valence-electron chi connectivity index (χ2n) is 3.06. The minimum atomic E-state index is -4.65. The van der Waals surface area contributed by atoms with Gasteiger partial charge in [-0.15, -0.1) is 0 Å². The second-order valence-corrected chi connectivity index (χ2v) is 3.91. The summed E-state index contributed by atoms with van der Waals surface area (Å²) in [6.07, 6.45) is -7.08. The van der Waals surface area contributed by atoms with Gasteiger partial charge in [0, 0.05) is 11.6 Å². The van der Waals surface area contributed by atoms with Gasteiger partial charge in [0.25, 0.3) is 0 Å². The molecule has 0 aromatic heterocycles. The van der Waals surface area contributed by atoms with Crippen molar-refractivity contribution < 1.29 is 18.3 Å². The van der Waals surface area contributed by atoms with Crippen molar-refractivity contribution in [3.05, 3.63) is 28.2 Å². The number of aliphatic hydroxyl groups is 1. The van der Waals surface area contributed by atoms with E-state index in [4.69, 9.17) is 28.3 Å². The molecule has 1 unspecified atom stereocenters. The number of anilines is 1. The van der Waals surface area contributed by atoms with E-state index < -0.39 is 18.8 Å². The summed E-state index contributed by atoms with van der Waals surface area (Å²) in [5, 5.41) is 11.7. The monoisotopic (exact) mass is 273 g/mol. The van der Waals surface area contributed by atoms with Gasteiger partial charge in [-0.1, -0.05) is 23.2 Å². The quantitative estimate of drug-likeness (QED) is 0.886. The molecular formula is C9H8Cl2F3NO. The van der Waals surface area contributed by atoms with Gasteiger partial charge in [-0.05, 0) is 18.2 Å². The fraction of sp³-hybridized carbons (Fsp3) is 0.333. The van der Waals surface area contributed by atoms with Crippen molar-refractivity contribution in [2.24, 2.45) is 0 Å². The lowest BCUT2D eigenvalue weighted by atomic mass is 10.3. The molecule has 0 bridgehead atoms. The standard InChI is InChI=1S/C9H8Cl2F3NO/c10-5-1-2-7(6(11)3-5)15-4-8(16)9(12,13)14/h1-3,8,15-16H,4H2. The molecule has 1 rings (SSSR count). The van der Waals surface area contributed by atoms with E-state index in [9.17, 15) is 13.2 Å². The Bertz CT molecular complexity index is 370. The summed E-state index contributed by atoms with van der Waals surface area (Å²) in [4.78, 5) is 0. The third-order valence-electron chi connectivity index (χ3n) is 1.79. The zero-order valence-corrected chi connectivity index (χ0v) is 9.37. The molecule has 0 aliphatic carbocycles. The molecule has 0 saturated carbocycles. The molecule has 1 aromatic carbocycles. The molecule has 0 heterocycles. The molecule has 0 saturated heterocycles. The van der Waals surface area contributed by atoms with Crippen LogP contribution in [0.25, 0.3) is 0 Å². The minimum Gasteiger partial charge on any atom is -0.382 e. The first-order chi connectivity index (χ1) is 7.30. The van der Waals surface area contributed by atoms with Crippen molar-refractivity contribution in [1.82, 2.24) is 0 Å². The Kier molecular flexibility index (Phi) is 4.29. The highest BCUT2D eigenvalue weighted by Gasteiger charge is 2.37. The SMILES string of the molecule is OC(CNc1ccc(Cl)cc1Cl)C(F)(F)F. The van der Waals surface area contributed by atoms with Gasteiger partial charge in [-0.25, -0.2) is 0 Å². The minimum absolute atomic E-state index is 0.196. The predicted octanol–water partition coefficient (Wildman–Crippen LogP) is 3.33. The van der Waals surface area contributed by atoms with Crippen LogP contribution >= 0.6 is 23.2 Å². The largest absolute Gasteiger partial charge is 0.416 e. The Hall–Kier alpha value is -0.650. The van der Waals surface area contributed by atoms with Crippen LogP contribution in [0, 0.1) is 0 Å². The number of aliphatic hydroxyl groups excluding tert-OH is 1. The van der Waals surface area contributed by atoms with Crippen LogP contribution in [-0.2, 0) is 0 Å². The third kappa shape index (κ3) is 3.73. The van der Waals surface area contributed by atoms with Crippen LogP contribution in [0.1, 0.15) is 0 Å². The first kappa shape index (κ1) is 13.4. The number of benzene rings is 1. The summed E-state index contributed by atoms with van der Waals surface area (Å²) in [6, 6.07) is 4.31. The van der Waals surface area contributed by atoms with Crippen LogP contribution < -0.4 is 5.32 Å². The van der Waals surface area contributed by atoms with E-state index >= 15 is 0 Å². The van der Waals surface area contributed by atoms with Crippen LogP contribution in [0.2, 0.25) is 10.0 Å². The van der Waals surface area contributed by atoms with E-state index in [-0.39, 0.29) is 10.7 Å². The molecule has 1 aromatic rings. The lowest BCUT2D eigenvalue weighted by Crippen LogP contribution is -2.35. The molecule has 0 radical (unpaired) electrons. The van der Waals surface area contributed by atoms with Crippen LogP contribution in [0.4, 0.5) is 18.9 Å². The number of rotatable bonds is 3. The fourth-order valence-electron chi connectivity index (χ4n) is 0.955. The summed E-state index contributed by atoms with van der Waals surface area (Å²) in [7, 11) is 0. The fourth-order valence-corrected chi connectivity index (χ4v) is 1.43. The smallest absolute Gasteiger partial charge is 0.382 e. The Balaban J connectivity index is 2.62. The highest BCUT2D eigenvalue weighted by Crippen LogP contribution is 2.26. The van der Waals surface area contributed by atoms with Gasteiger partial charge in [0.1, 0.15) is 0 Å². The van der Waals surface area contributed by atoms with E-state index in [0.717, 1.165) is 0 Å². The molecule has 1 atom stereocenters. The van der Waals surface area contributed by atoms with Gasteiger partial charge >= 0.3 is 6.18 Å². The van der Waals surface area contributed by atoms with Gasteiger partial charge in [0.15, 0.2) is 6.10 Å².